The number of amides is 1. The minimum absolute atomic E-state index is 0. The molecule has 12 heavy (non-hydrogen) atoms. The van der Waals surface area contributed by atoms with E-state index in [1.807, 2.05) is 0 Å². The van der Waals surface area contributed by atoms with E-state index in [2.05, 4.69) is 10.3 Å². The van der Waals surface area contributed by atoms with Crippen molar-refractivity contribution in [3.05, 3.63) is 24.0 Å². The van der Waals surface area contributed by atoms with E-state index < -0.39 is 0 Å². The third kappa shape index (κ3) is 1.93. The van der Waals surface area contributed by atoms with Gasteiger partial charge < -0.3 is 17.2 Å². The summed E-state index contributed by atoms with van der Waals surface area (Å²) in [6.45, 7) is 0. The van der Waals surface area contributed by atoms with Crippen LogP contribution < -0.4 is 17.2 Å². The minimum Gasteiger partial charge on any atom is -0.398 e. The predicted molar refractivity (Wildman–Crippen MR) is 47.1 cm³/mol. The quantitative estimate of drug-likeness (QED) is 0.556. The number of pyridine rings is 1. The zero-order chi connectivity index (χ0) is 8.27. The minimum atomic E-state index is -0.212. The van der Waals surface area contributed by atoms with Crippen molar-refractivity contribution in [2.24, 2.45) is 0 Å². The van der Waals surface area contributed by atoms with Crippen LogP contribution >= 0.6 is 0 Å². The van der Waals surface area contributed by atoms with E-state index in [0.29, 0.717) is 11.3 Å². The Bertz CT molecular complexity index is 274. The molecule has 1 aromatic rings. The Balaban J connectivity index is 0.00000121. The van der Waals surface area contributed by atoms with Gasteiger partial charge in [-0.15, -0.1) is 0 Å². The van der Waals surface area contributed by atoms with Crippen molar-refractivity contribution in [2.45, 2.75) is 0 Å². The third-order valence-electron chi connectivity index (χ3n) is 1.33. The number of nitrogens with zero attached hydrogens (tertiary/aromatic N) is 1. The smallest absolute Gasteiger partial charge is 0.254 e. The average molecular weight is 168 g/mol. The molecule has 0 atom stereocenters. The first kappa shape index (κ1) is 10.4. The topological polar surface area (TPSA) is 103 Å². The molecule has 0 bridgehead atoms. The summed E-state index contributed by atoms with van der Waals surface area (Å²) in [6, 6.07) is 1.59. The number of aromatic nitrogens is 1. The van der Waals surface area contributed by atoms with Gasteiger partial charge in [0.05, 0.1) is 5.56 Å². The summed E-state index contributed by atoms with van der Waals surface area (Å²) in [5.74, 6) is -0.212. The van der Waals surface area contributed by atoms with E-state index in [0.717, 1.165) is 0 Å². The van der Waals surface area contributed by atoms with Crippen molar-refractivity contribution >= 4 is 11.6 Å². The normalized spacial score (nSPS) is 8.42. The van der Waals surface area contributed by atoms with Gasteiger partial charge in [-0.25, -0.2) is 0 Å². The maximum absolute atomic E-state index is 11.0. The molecule has 66 valence electrons. The second kappa shape index (κ2) is 4.30. The van der Waals surface area contributed by atoms with Crippen molar-refractivity contribution in [3.8, 4) is 0 Å². The summed E-state index contributed by atoms with van der Waals surface area (Å²) >= 11 is 0. The first-order chi connectivity index (χ1) is 5.25. The molecule has 0 aliphatic heterocycles. The second-order valence-corrected chi connectivity index (χ2v) is 2.04. The van der Waals surface area contributed by atoms with Gasteiger partial charge in [0.15, 0.2) is 0 Å². The van der Waals surface area contributed by atoms with E-state index in [-0.39, 0.29) is 12.1 Å². The number of nitrogens with two attached hydrogens (primary N) is 1. The molecule has 0 spiro atoms. The summed E-state index contributed by atoms with van der Waals surface area (Å²) in [5, 5.41) is 2.46. The van der Waals surface area contributed by atoms with Gasteiger partial charge in [-0.3, -0.25) is 9.78 Å². The Morgan fingerprint density at radius 3 is 2.83 bits per heavy atom. The van der Waals surface area contributed by atoms with Crippen LogP contribution in [0.25, 0.3) is 0 Å². The number of carbonyl (C=O) groups excluding carboxylic acids is 1. The van der Waals surface area contributed by atoms with Crippen LogP contribution in [0.4, 0.5) is 5.69 Å². The Labute approximate surface area is 70.6 Å². The predicted octanol–water partition coefficient (Wildman–Crippen LogP) is 0.185. The molecule has 0 fully saturated rings. The zero-order valence-corrected chi connectivity index (χ0v) is 6.87. The molecule has 6 N–H and O–H groups in total. The van der Waals surface area contributed by atoms with E-state index >= 15 is 0 Å². The highest BCUT2D eigenvalue weighted by Crippen LogP contribution is 2.07. The fourth-order valence-electron chi connectivity index (χ4n) is 0.730. The van der Waals surface area contributed by atoms with Gasteiger partial charge in [0.2, 0.25) is 0 Å². The molecule has 1 rings (SSSR count). The van der Waals surface area contributed by atoms with Crippen LogP contribution in [0.3, 0.4) is 0 Å². The van der Waals surface area contributed by atoms with E-state index in [9.17, 15) is 4.79 Å². The molecule has 1 aromatic heterocycles. The largest absolute Gasteiger partial charge is 0.398 e. The van der Waals surface area contributed by atoms with Crippen LogP contribution in [0.1, 0.15) is 10.4 Å². The zero-order valence-electron chi connectivity index (χ0n) is 6.87. The Morgan fingerprint density at radius 1 is 1.67 bits per heavy atom. The van der Waals surface area contributed by atoms with Crippen molar-refractivity contribution in [3.63, 3.8) is 0 Å². The number of carbonyl (C=O) groups is 1. The maximum atomic E-state index is 11.0. The Morgan fingerprint density at radius 2 is 2.33 bits per heavy atom. The van der Waals surface area contributed by atoms with Crippen LogP contribution in [-0.4, -0.2) is 17.9 Å². The molecule has 0 saturated carbocycles. The number of rotatable bonds is 1. The molecule has 0 aromatic carbocycles. The number of hydrogen-bond acceptors (Lipinski definition) is 4. The molecular weight excluding hydrogens is 156 g/mol. The number of hydrogen-bond donors (Lipinski definition) is 3. The van der Waals surface area contributed by atoms with Crippen molar-refractivity contribution in [2.75, 3.05) is 12.8 Å². The van der Waals surface area contributed by atoms with E-state index in [1.165, 1.54) is 6.20 Å². The number of nitrogens with one attached hydrogen (secondary N) is 1. The molecule has 5 heteroatoms. The third-order valence-corrected chi connectivity index (χ3v) is 1.33. The van der Waals surface area contributed by atoms with Crippen LogP contribution in [0.5, 0.6) is 0 Å². The fourth-order valence-corrected chi connectivity index (χ4v) is 0.730. The summed E-state index contributed by atoms with van der Waals surface area (Å²) in [6.07, 6.45) is 2.98. The van der Waals surface area contributed by atoms with Crippen molar-refractivity contribution < 1.29 is 4.79 Å². The molecule has 0 aliphatic carbocycles. The van der Waals surface area contributed by atoms with Crippen molar-refractivity contribution in [1.82, 2.24) is 16.5 Å². The highest BCUT2D eigenvalue weighted by Gasteiger charge is 2.05. The average Bonchev–Trinajstić information content (AvgIpc) is 2.04. The first-order valence-electron chi connectivity index (χ1n) is 3.17. The molecule has 1 amide bonds. The van der Waals surface area contributed by atoms with Gasteiger partial charge >= 0.3 is 0 Å². The SMILES string of the molecule is CNC(=O)c1cnccc1N.N. The van der Waals surface area contributed by atoms with Gasteiger partial charge in [0.1, 0.15) is 0 Å². The summed E-state index contributed by atoms with van der Waals surface area (Å²) in [7, 11) is 1.55. The maximum Gasteiger partial charge on any atom is 0.254 e. The highest BCUT2D eigenvalue weighted by atomic mass is 16.1. The van der Waals surface area contributed by atoms with Crippen molar-refractivity contribution in [1.29, 1.82) is 0 Å². The fraction of sp³-hybridized carbons (Fsp3) is 0.143. The van der Waals surface area contributed by atoms with Crippen LogP contribution in [0, 0.1) is 0 Å². The van der Waals surface area contributed by atoms with E-state index in [4.69, 9.17) is 5.73 Å². The number of nitrogen functional groups attached to an aromatic ring is 1. The van der Waals surface area contributed by atoms with Crippen LogP contribution in [-0.2, 0) is 0 Å². The molecule has 0 aliphatic rings. The van der Waals surface area contributed by atoms with Gasteiger partial charge in [0, 0.05) is 25.1 Å². The summed E-state index contributed by atoms with van der Waals surface area (Å²) in [4.78, 5) is 14.8. The molecule has 0 unspecified atom stereocenters. The Hall–Kier alpha value is -1.62. The lowest BCUT2D eigenvalue weighted by Crippen LogP contribution is -2.19. The van der Waals surface area contributed by atoms with Gasteiger partial charge in [-0.05, 0) is 6.07 Å². The molecule has 0 saturated heterocycles. The number of anilines is 1. The first-order valence-corrected chi connectivity index (χ1v) is 3.17. The second-order valence-electron chi connectivity index (χ2n) is 2.04. The molecule has 0 radical (unpaired) electrons. The lowest BCUT2D eigenvalue weighted by molar-refractivity contribution is 0.0963. The van der Waals surface area contributed by atoms with Gasteiger partial charge in [-0.2, -0.15) is 0 Å². The lowest BCUT2D eigenvalue weighted by Gasteiger charge is -2.00. The molecule has 5 nitrogen and oxygen atoms in total. The lowest BCUT2D eigenvalue weighted by atomic mass is 10.2. The van der Waals surface area contributed by atoms with Gasteiger partial charge in [-0.1, -0.05) is 0 Å². The van der Waals surface area contributed by atoms with Crippen LogP contribution in [0.15, 0.2) is 18.5 Å². The summed E-state index contributed by atoms with van der Waals surface area (Å²) < 4.78 is 0. The Kier molecular flexibility index (Phi) is 3.72. The van der Waals surface area contributed by atoms with Crippen LogP contribution in [0.2, 0.25) is 0 Å². The summed E-state index contributed by atoms with van der Waals surface area (Å²) in [5.41, 5.74) is 6.35. The molecule has 1 heterocycles. The van der Waals surface area contributed by atoms with E-state index in [1.54, 1.807) is 19.3 Å². The highest BCUT2D eigenvalue weighted by molar-refractivity contribution is 5.98. The standard InChI is InChI=1S/C7H9N3O.H3N/c1-9-7(11)5-4-10-3-2-6(5)8;/h2-4H,1H3,(H2,8,10)(H,9,11);1H3. The molecular formula is C7H12N4O. The van der Waals surface area contributed by atoms with Gasteiger partial charge in [0.25, 0.3) is 5.91 Å². The monoisotopic (exact) mass is 168 g/mol.